The molecule has 0 spiro atoms. The standard InChI is InChI=1S/C17H31N3O/c1-4-14(2)20-11-10-16(19-20)13-15(18-3)8-9-17-7-5-6-12-21-17/h10-11,14-15,17-18H,4-9,12-13H2,1-3H3. The number of nitrogens with one attached hydrogen (secondary N) is 1. The molecule has 4 nitrogen and oxygen atoms in total. The zero-order chi connectivity index (χ0) is 15.1. The topological polar surface area (TPSA) is 39.1 Å². The highest BCUT2D eigenvalue weighted by Gasteiger charge is 2.17. The van der Waals surface area contributed by atoms with Gasteiger partial charge in [-0.15, -0.1) is 0 Å². The van der Waals surface area contributed by atoms with Crippen LogP contribution in [0.2, 0.25) is 0 Å². The van der Waals surface area contributed by atoms with Crippen molar-refractivity contribution in [2.75, 3.05) is 13.7 Å². The van der Waals surface area contributed by atoms with Crippen molar-refractivity contribution < 1.29 is 4.74 Å². The molecular weight excluding hydrogens is 262 g/mol. The predicted octanol–water partition coefficient (Wildman–Crippen LogP) is 3.33. The third-order valence-electron chi connectivity index (χ3n) is 4.68. The maximum atomic E-state index is 5.83. The Morgan fingerprint density at radius 2 is 2.33 bits per heavy atom. The third-order valence-corrected chi connectivity index (χ3v) is 4.68. The molecule has 0 amide bonds. The van der Waals surface area contributed by atoms with Gasteiger partial charge in [-0.1, -0.05) is 6.92 Å². The van der Waals surface area contributed by atoms with Gasteiger partial charge in [0.1, 0.15) is 0 Å². The van der Waals surface area contributed by atoms with E-state index in [-0.39, 0.29) is 0 Å². The Morgan fingerprint density at radius 1 is 1.48 bits per heavy atom. The van der Waals surface area contributed by atoms with Crippen molar-refractivity contribution in [3.63, 3.8) is 0 Å². The van der Waals surface area contributed by atoms with Crippen LogP contribution in [0.1, 0.15) is 64.1 Å². The maximum Gasteiger partial charge on any atom is 0.0640 e. The summed E-state index contributed by atoms with van der Waals surface area (Å²) in [6.45, 7) is 5.37. The Balaban J connectivity index is 1.79. The summed E-state index contributed by atoms with van der Waals surface area (Å²) in [5, 5.41) is 8.15. The minimum atomic E-state index is 0.479. The average molecular weight is 293 g/mol. The summed E-state index contributed by atoms with van der Waals surface area (Å²) in [5.41, 5.74) is 1.19. The van der Waals surface area contributed by atoms with Gasteiger partial charge < -0.3 is 10.1 Å². The minimum Gasteiger partial charge on any atom is -0.378 e. The lowest BCUT2D eigenvalue weighted by Gasteiger charge is -2.24. The van der Waals surface area contributed by atoms with E-state index >= 15 is 0 Å². The normalized spacial score (nSPS) is 22.1. The van der Waals surface area contributed by atoms with Crippen LogP contribution in [0, 0.1) is 0 Å². The van der Waals surface area contributed by atoms with Crippen LogP contribution in [0.15, 0.2) is 12.3 Å². The fraction of sp³-hybridized carbons (Fsp3) is 0.824. The molecule has 0 bridgehead atoms. The van der Waals surface area contributed by atoms with Crippen molar-refractivity contribution in [2.24, 2.45) is 0 Å². The Morgan fingerprint density at radius 3 is 3.00 bits per heavy atom. The van der Waals surface area contributed by atoms with E-state index in [1.165, 1.54) is 25.0 Å². The lowest BCUT2D eigenvalue weighted by Crippen LogP contribution is -2.30. The zero-order valence-electron chi connectivity index (χ0n) is 13.8. The van der Waals surface area contributed by atoms with Crippen molar-refractivity contribution in [3.8, 4) is 0 Å². The summed E-state index contributed by atoms with van der Waals surface area (Å²) in [4.78, 5) is 0. The van der Waals surface area contributed by atoms with Gasteiger partial charge in [0.25, 0.3) is 0 Å². The molecular formula is C17H31N3O. The first-order chi connectivity index (χ1) is 10.2. The molecule has 1 aliphatic rings. The molecule has 0 saturated carbocycles. The van der Waals surface area contributed by atoms with Crippen LogP contribution in [-0.4, -0.2) is 35.6 Å². The van der Waals surface area contributed by atoms with E-state index in [0.29, 0.717) is 18.2 Å². The second-order valence-electron chi connectivity index (χ2n) is 6.30. The number of hydrogen-bond donors (Lipinski definition) is 1. The first-order valence-corrected chi connectivity index (χ1v) is 8.55. The Labute approximate surface area is 129 Å². The van der Waals surface area contributed by atoms with E-state index < -0.39 is 0 Å². The van der Waals surface area contributed by atoms with Crippen LogP contribution >= 0.6 is 0 Å². The van der Waals surface area contributed by atoms with Crippen LogP contribution in [0.4, 0.5) is 0 Å². The van der Waals surface area contributed by atoms with Gasteiger partial charge in [0.15, 0.2) is 0 Å². The van der Waals surface area contributed by atoms with Gasteiger partial charge in [-0.25, -0.2) is 0 Å². The molecule has 4 heteroatoms. The first-order valence-electron chi connectivity index (χ1n) is 8.55. The first kappa shape index (κ1) is 16.5. The molecule has 1 N–H and O–H groups in total. The van der Waals surface area contributed by atoms with Crippen molar-refractivity contribution in [1.29, 1.82) is 0 Å². The molecule has 21 heavy (non-hydrogen) atoms. The van der Waals surface area contributed by atoms with E-state index in [1.54, 1.807) is 0 Å². The summed E-state index contributed by atoms with van der Waals surface area (Å²) in [7, 11) is 2.05. The van der Waals surface area contributed by atoms with E-state index in [9.17, 15) is 0 Å². The fourth-order valence-electron chi connectivity index (χ4n) is 2.94. The van der Waals surface area contributed by atoms with Gasteiger partial charge in [-0.05, 0) is 58.6 Å². The van der Waals surface area contributed by atoms with Crippen molar-refractivity contribution in [3.05, 3.63) is 18.0 Å². The lowest BCUT2D eigenvalue weighted by molar-refractivity contribution is 0.00868. The Bertz CT molecular complexity index is 398. The highest BCUT2D eigenvalue weighted by Crippen LogP contribution is 2.19. The number of ether oxygens (including phenoxy) is 1. The van der Waals surface area contributed by atoms with Gasteiger partial charge in [0.2, 0.25) is 0 Å². The summed E-state index contributed by atoms with van der Waals surface area (Å²) in [5.74, 6) is 0. The monoisotopic (exact) mass is 293 g/mol. The van der Waals surface area contributed by atoms with Gasteiger partial charge >= 0.3 is 0 Å². The molecule has 1 fully saturated rings. The van der Waals surface area contributed by atoms with Crippen molar-refractivity contribution >= 4 is 0 Å². The molecule has 0 aliphatic carbocycles. The molecule has 0 aromatic carbocycles. The fourth-order valence-corrected chi connectivity index (χ4v) is 2.94. The quantitative estimate of drug-likeness (QED) is 0.799. The van der Waals surface area contributed by atoms with Crippen LogP contribution in [-0.2, 0) is 11.2 Å². The van der Waals surface area contributed by atoms with Gasteiger partial charge in [0.05, 0.1) is 11.8 Å². The number of nitrogens with zero attached hydrogens (tertiary/aromatic N) is 2. The molecule has 3 unspecified atom stereocenters. The smallest absolute Gasteiger partial charge is 0.0640 e. The van der Waals surface area contributed by atoms with Crippen molar-refractivity contribution in [2.45, 2.75) is 77.0 Å². The largest absolute Gasteiger partial charge is 0.378 e. The minimum absolute atomic E-state index is 0.479. The summed E-state index contributed by atoms with van der Waals surface area (Å²) in [6, 6.07) is 3.14. The van der Waals surface area contributed by atoms with E-state index in [4.69, 9.17) is 9.84 Å². The Hall–Kier alpha value is -0.870. The van der Waals surface area contributed by atoms with Crippen LogP contribution in [0.3, 0.4) is 0 Å². The molecule has 1 aliphatic heterocycles. The third kappa shape index (κ3) is 5.11. The lowest BCUT2D eigenvalue weighted by atomic mass is 9.99. The molecule has 1 aromatic rings. The van der Waals surface area contributed by atoms with Crippen LogP contribution < -0.4 is 5.32 Å². The summed E-state index contributed by atoms with van der Waals surface area (Å²) >= 11 is 0. The van der Waals surface area contributed by atoms with Crippen LogP contribution in [0.25, 0.3) is 0 Å². The number of likely N-dealkylation sites (N-methyl/N-ethyl adjacent to an activating group) is 1. The molecule has 2 rings (SSSR count). The van der Waals surface area contributed by atoms with Gasteiger partial charge in [0, 0.05) is 31.3 Å². The molecule has 0 radical (unpaired) electrons. The second kappa shape index (κ2) is 8.54. The highest BCUT2D eigenvalue weighted by molar-refractivity contribution is 5.02. The van der Waals surface area contributed by atoms with E-state index in [1.807, 2.05) is 0 Å². The predicted molar refractivity (Wildman–Crippen MR) is 86.6 cm³/mol. The zero-order valence-corrected chi connectivity index (χ0v) is 13.8. The maximum absolute atomic E-state index is 5.83. The SMILES string of the molecule is CCC(C)n1ccc(CC(CCC2CCCCO2)NC)n1. The van der Waals surface area contributed by atoms with Gasteiger partial charge in [-0.3, -0.25) is 4.68 Å². The van der Waals surface area contributed by atoms with Crippen molar-refractivity contribution in [1.82, 2.24) is 15.1 Å². The molecule has 1 aromatic heterocycles. The van der Waals surface area contributed by atoms with Crippen LogP contribution in [0.5, 0.6) is 0 Å². The number of hydrogen-bond acceptors (Lipinski definition) is 3. The van der Waals surface area contributed by atoms with E-state index in [2.05, 4.69) is 43.2 Å². The number of rotatable bonds is 8. The highest BCUT2D eigenvalue weighted by atomic mass is 16.5. The molecule has 3 atom stereocenters. The Kier molecular flexibility index (Phi) is 6.71. The summed E-state index contributed by atoms with van der Waals surface area (Å²) in [6.07, 6.45) is 10.8. The second-order valence-corrected chi connectivity index (χ2v) is 6.30. The van der Waals surface area contributed by atoms with E-state index in [0.717, 1.165) is 32.3 Å². The average Bonchev–Trinajstić information content (AvgIpc) is 3.00. The number of aromatic nitrogens is 2. The molecule has 1 saturated heterocycles. The summed E-state index contributed by atoms with van der Waals surface area (Å²) < 4.78 is 7.92. The van der Waals surface area contributed by atoms with Gasteiger partial charge in [-0.2, -0.15) is 5.10 Å². The molecule has 120 valence electrons. The molecule has 2 heterocycles.